The minimum atomic E-state index is 0.0138. The predicted molar refractivity (Wildman–Crippen MR) is 77.2 cm³/mol. The fraction of sp³-hybridized carbons (Fsp3) is 0.533. The molecule has 0 aliphatic heterocycles. The number of rotatable bonds is 6. The Kier molecular flexibility index (Phi) is 5.83. The zero-order valence-electron chi connectivity index (χ0n) is 12.2. The van der Waals surface area contributed by atoms with Crippen molar-refractivity contribution in [1.82, 2.24) is 5.32 Å². The molecule has 3 N–H and O–H groups in total. The Morgan fingerprint density at radius 2 is 2.05 bits per heavy atom. The first-order valence-corrected chi connectivity index (χ1v) is 6.68. The molecule has 0 aromatic heterocycles. The third-order valence-electron chi connectivity index (χ3n) is 2.76. The molecular weight excluding hydrogens is 240 g/mol. The summed E-state index contributed by atoms with van der Waals surface area (Å²) in [5.41, 5.74) is 7.95. The van der Waals surface area contributed by atoms with Crippen LogP contribution < -0.4 is 15.8 Å². The molecule has 0 heterocycles. The van der Waals surface area contributed by atoms with Gasteiger partial charge in [0.15, 0.2) is 0 Å². The van der Waals surface area contributed by atoms with Gasteiger partial charge in [0.05, 0.1) is 13.0 Å². The summed E-state index contributed by atoms with van der Waals surface area (Å²) in [7, 11) is 0. The zero-order valence-corrected chi connectivity index (χ0v) is 12.2. The maximum Gasteiger partial charge on any atom is 0.223 e. The minimum absolute atomic E-state index is 0.0138. The summed E-state index contributed by atoms with van der Waals surface area (Å²) in [5.74, 6) is 0.821. The number of carbonyl (C=O) groups is 1. The molecule has 0 radical (unpaired) electrons. The lowest BCUT2D eigenvalue weighted by molar-refractivity contribution is -0.122. The van der Waals surface area contributed by atoms with Gasteiger partial charge in [-0.3, -0.25) is 4.79 Å². The van der Waals surface area contributed by atoms with Crippen molar-refractivity contribution in [2.75, 3.05) is 6.61 Å². The van der Waals surface area contributed by atoms with Gasteiger partial charge < -0.3 is 15.8 Å². The number of hydrogen-bond acceptors (Lipinski definition) is 3. The van der Waals surface area contributed by atoms with Gasteiger partial charge in [-0.2, -0.15) is 0 Å². The van der Waals surface area contributed by atoms with Crippen molar-refractivity contribution in [2.45, 2.75) is 46.2 Å². The maximum atomic E-state index is 11.5. The quantitative estimate of drug-likeness (QED) is 0.828. The van der Waals surface area contributed by atoms with Crippen molar-refractivity contribution in [3.05, 3.63) is 29.3 Å². The van der Waals surface area contributed by atoms with Crippen LogP contribution in [0.25, 0.3) is 0 Å². The second-order valence-corrected chi connectivity index (χ2v) is 5.13. The van der Waals surface area contributed by atoms with E-state index in [9.17, 15) is 4.79 Å². The smallest absolute Gasteiger partial charge is 0.223 e. The number of nitrogens with one attached hydrogen (secondary N) is 1. The number of aryl methyl sites for hydroxylation is 1. The Morgan fingerprint density at radius 1 is 1.37 bits per heavy atom. The molecule has 1 amide bonds. The van der Waals surface area contributed by atoms with E-state index in [1.54, 1.807) is 0 Å². The fourth-order valence-corrected chi connectivity index (χ4v) is 1.77. The fourth-order valence-electron chi connectivity index (χ4n) is 1.77. The van der Waals surface area contributed by atoms with Crippen LogP contribution in [0.2, 0.25) is 0 Å². The molecule has 0 aliphatic rings. The highest BCUT2D eigenvalue weighted by molar-refractivity contribution is 5.76. The number of ether oxygens (including phenoxy) is 1. The Hall–Kier alpha value is -1.55. The number of nitrogens with two attached hydrogens (primary N) is 1. The van der Waals surface area contributed by atoms with E-state index in [1.165, 1.54) is 0 Å². The molecule has 19 heavy (non-hydrogen) atoms. The van der Waals surface area contributed by atoms with Crippen LogP contribution in [0.3, 0.4) is 0 Å². The highest BCUT2D eigenvalue weighted by atomic mass is 16.5. The highest BCUT2D eigenvalue weighted by Crippen LogP contribution is 2.21. The van der Waals surface area contributed by atoms with Gasteiger partial charge >= 0.3 is 0 Å². The summed E-state index contributed by atoms with van der Waals surface area (Å²) in [6.45, 7) is 8.20. The Balaban J connectivity index is 2.48. The first kappa shape index (κ1) is 15.5. The predicted octanol–water partition coefficient (Wildman–Crippen LogP) is 2.31. The lowest BCUT2D eigenvalue weighted by Gasteiger charge is -2.13. The van der Waals surface area contributed by atoms with E-state index in [0.29, 0.717) is 13.0 Å². The van der Waals surface area contributed by atoms with E-state index < -0.39 is 0 Å². The summed E-state index contributed by atoms with van der Waals surface area (Å²) in [6, 6.07) is 6.08. The van der Waals surface area contributed by atoms with Crippen LogP contribution >= 0.6 is 0 Å². The summed E-state index contributed by atoms with van der Waals surface area (Å²) in [4.78, 5) is 11.5. The minimum Gasteiger partial charge on any atom is -0.493 e. The largest absolute Gasteiger partial charge is 0.493 e. The Morgan fingerprint density at radius 3 is 2.58 bits per heavy atom. The molecule has 1 rings (SSSR count). The number of carbonyl (C=O) groups excluding carboxylic acids is 1. The second kappa shape index (κ2) is 7.14. The van der Waals surface area contributed by atoms with Crippen molar-refractivity contribution >= 4 is 5.91 Å². The summed E-state index contributed by atoms with van der Waals surface area (Å²) in [6.07, 6.45) is 0.368. The third kappa shape index (κ3) is 5.30. The van der Waals surface area contributed by atoms with Crippen LogP contribution in [0.4, 0.5) is 0 Å². The van der Waals surface area contributed by atoms with Crippen LogP contribution in [-0.2, 0) is 4.79 Å². The molecular formula is C15H24N2O2. The summed E-state index contributed by atoms with van der Waals surface area (Å²) >= 11 is 0. The average molecular weight is 264 g/mol. The van der Waals surface area contributed by atoms with Crippen molar-refractivity contribution in [1.29, 1.82) is 0 Å². The van der Waals surface area contributed by atoms with Crippen molar-refractivity contribution in [3.63, 3.8) is 0 Å². The van der Waals surface area contributed by atoms with Gasteiger partial charge in [-0.1, -0.05) is 12.1 Å². The van der Waals surface area contributed by atoms with E-state index in [-0.39, 0.29) is 18.0 Å². The molecule has 1 atom stereocenters. The topological polar surface area (TPSA) is 64.3 Å². The zero-order chi connectivity index (χ0) is 14.4. The average Bonchev–Trinajstić information content (AvgIpc) is 2.29. The molecule has 4 nitrogen and oxygen atoms in total. The molecule has 0 unspecified atom stereocenters. The Labute approximate surface area is 115 Å². The molecule has 1 aromatic carbocycles. The maximum absolute atomic E-state index is 11.5. The highest BCUT2D eigenvalue weighted by Gasteiger charge is 2.06. The lowest BCUT2D eigenvalue weighted by Crippen LogP contribution is -2.31. The number of hydrogen-bond donors (Lipinski definition) is 2. The first-order valence-electron chi connectivity index (χ1n) is 6.68. The second-order valence-electron chi connectivity index (χ2n) is 5.13. The van der Waals surface area contributed by atoms with Gasteiger partial charge in [-0.25, -0.2) is 0 Å². The SMILES string of the molecule is Cc1cc([C@@H](C)N)ccc1OCCC(=O)NC(C)C. The Bertz CT molecular complexity index is 428. The van der Waals surface area contributed by atoms with Gasteiger partial charge in [0, 0.05) is 12.1 Å². The van der Waals surface area contributed by atoms with Gasteiger partial charge in [-0.05, 0) is 44.9 Å². The molecule has 0 spiro atoms. The number of amides is 1. The standard InChI is InChI=1S/C15H24N2O2/c1-10(2)17-15(18)7-8-19-14-6-5-13(12(4)16)9-11(14)3/h5-6,9-10,12H,7-8,16H2,1-4H3,(H,17,18)/t12-/m1/s1. The normalized spacial score (nSPS) is 12.3. The lowest BCUT2D eigenvalue weighted by atomic mass is 10.1. The molecule has 0 saturated heterocycles. The van der Waals surface area contributed by atoms with E-state index >= 15 is 0 Å². The van der Waals surface area contributed by atoms with Gasteiger partial charge in [0.2, 0.25) is 5.91 Å². The van der Waals surface area contributed by atoms with Gasteiger partial charge in [0.1, 0.15) is 5.75 Å². The summed E-state index contributed by atoms with van der Waals surface area (Å²) in [5, 5.41) is 2.83. The molecule has 4 heteroatoms. The van der Waals surface area contributed by atoms with Crippen molar-refractivity contribution in [2.24, 2.45) is 5.73 Å². The van der Waals surface area contributed by atoms with Crippen LogP contribution in [-0.4, -0.2) is 18.6 Å². The van der Waals surface area contributed by atoms with Crippen LogP contribution in [0.15, 0.2) is 18.2 Å². The molecule has 0 bridgehead atoms. The van der Waals surface area contributed by atoms with Crippen molar-refractivity contribution < 1.29 is 9.53 Å². The van der Waals surface area contributed by atoms with E-state index in [1.807, 2.05) is 45.9 Å². The van der Waals surface area contributed by atoms with Crippen LogP contribution in [0, 0.1) is 6.92 Å². The molecule has 106 valence electrons. The van der Waals surface area contributed by atoms with Gasteiger partial charge in [-0.15, -0.1) is 0 Å². The van der Waals surface area contributed by atoms with Crippen LogP contribution in [0.1, 0.15) is 44.4 Å². The van der Waals surface area contributed by atoms with Crippen molar-refractivity contribution in [3.8, 4) is 5.75 Å². The molecule has 1 aromatic rings. The van der Waals surface area contributed by atoms with E-state index in [4.69, 9.17) is 10.5 Å². The van der Waals surface area contributed by atoms with E-state index in [0.717, 1.165) is 16.9 Å². The van der Waals surface area contributed by atoms with Crippen LogP contribution in [0.5, 0.6) is 5.75 Å². The van der Waals surface area contributed by atoms with Gasteiger partial charge in [0.25, 0.3) is 0 Å². The van der Waals surface area contributed by atoms with E-state index in [2.05, 4.69) is 5.32 Å². The molecule has 0 aliphatic carbocycles. The summed E-state index contributed by atoms with van der Waals surface area (Å²) < 4.78 is 5.62. The first-order chi connectivity index (χ1) is 8.90. The monoisotopic (exact) mass is 264 g/mol. The number of benzene rings is 1. The third-order valence-corrected chi connectivity index (χ3v) is 2.76. The molecule has 0 fully saturated rings. The molecule has 0 saturated carbocycles.